The van der Waals surface area contributed by atoms with Gasteiger partial charge in [-0.25, -0.2) is 0 Å². The van der Waals surface area contributed by atoms with Gasteiger partial charge in [0.15, 0.2) is 5.96 Å². The fourth-order valence-corrected chi connectivity index (χ4v) is 2.03. The zero-order chi connectivity index (χ0) is 17.9. The van der Waals surface area contributed by atoms with E-state index < -0.39 is 0 Å². The van der Waals surface area contributed by atoms with Gasteiger partial charge in [-0.15, -0.1) is 0 Å². The van der Waals surface area contributed by atoms with Crippen LogP contribution in [0.5, 0.6) is 5.75 Å². The highest BCUT2D eigenvalue weighted by Gasteiger charge is 2.09. The Morgan fingerprint density at radius 2 is 1.83 bits per heavy atom. The maximum atomic E-state index is 9.12. The van der Waals surface area contributed by atoms with E-state index in [1.165, 1.54) is 5.56 Å². The number of rotatable bonds is 9. The lowest BCUT2D eigenvalue weighted by Gasteiger charge is -2.19. The van der Waals surface area contributed by atoms with Gasteiger partial charge in [-0.05, 0) is 43.4 Å². The molecule has 5 nitrogen and oxygen atoms in total. The number of nitrogens with one attached hydrogen (secondary N) is 2. The number of hydrogen-bond acceptors (Lipinski definition) is 3. The van der Waals surface area contributed by atoms with Crippen LogP contribution in [0.4, 0.5) is 0 Å². The van der Waals surface area contributed by atoms with Crippen molar-refractivity contribution in [3.63, 3.8) is 0 Å². The molecule has 0 aliphatic heterocycles. The van der Waals surface area contributed by atoms with E-state index in [0.29, 0.717) is 12.5 Å². The minimum atomic E-state index is 0.131. The van der Waals surface area contributed by atoms with Crippen LogP contribution in [0.25, 0.3) is 0 Å². The third-order valence-corrected chi connectivity index (χ3v) is 3.53. The van der Waals surface area contributed by atoms with Crippen molar-refractivity contribution in [2.24, 2.45) is 16.8 Å². The molecule has 1 aromatic rings. The van der Waals surface area contributed by atoms with Gasteiger partial charge < -0.3 is 20.5 Å². The molecule has 0 amide bonds. The fourth-order valence-electron chi connectivity index (χ4n) is 2.03. The van der Waals surface area contributed by atoms with Gasteiger partial charge in [-0.3, -0.25) is 4.99 Å². The Labute approximate surface area is 146 Å². The van der Waals surface area contributed by atoms with Crippen molar-refractivity contribution < 1.29 is 9.84 Å². The molecule has 2 unspecified atom stereocenters. The SMILES string of the molecule is CCNC(=NCC(C)CO)NC(C)c1ccc(OCC(C)C)cc1. The normalized spacial score (nSPS) is 14.4. The summed E-state index contributed by atoms with van der Waals surface area (Å²) in [4.78, 5) is 4.53. The summed E-state index contributed by atoms with van der Waals surface area (Å²) >= 11 is 0. The molecule has 0 saturated carbocycles. The number of guanidine groups is 1. The van der Waals surface area contributed by atoms with Gasteiger partial charge in [0, 0.05) is 19.7 Å². The first-order chi connectivity index (χ1) is 11.5. The number of aliphatic imine (C=N–C) groups is 1. The minimum Gasteiger partial charge on any atom is -0.493 e. The Morgan fingerprint density at radius 3 is 2.38 bits per heavy atom. The smallest absolute Gasteiger partial charge is 0.191 e. The number of hydrogen-bond donors (Lipinski definition) is 3. The third kappa shape index (κ3) is 7.68. The van der Waals surface area contributed by atoms with Crippen molar-refractivity contribution >= 4 is 5.96 Å². The highest BCUT2D eigenvalue weighted by molar-refractivity contribution is 5.80. The Kier molecular flexibility index (Phi) is 9.23. The van der Waals surface area contributed by atoms with Gasteiger partial charge in [0.1, 0.15) is 5.75 Å². The summed E-state index contributed by atoms with van der Waals surface area (Å²) in [5, 5.41) is 15.8. The van der Waals surface area contributed by atoms with E-state index in [0.717, 1.165) is 24.9 Å². The highest BCUT2D eigenvalue weighted by atomic mass is 16.5. The lowest BCUT2D eigenvalue weighted by atomic mass is 10.1. The molecule has 0 aromatic heterocycles. The van der Waals surface area contributed by atoms with Gasteiger partial charge in [0.25, 0.3) is 0 Å². The molecule has 5 heteroatoms. The minimum absolute atomic E-state index is 0.131. The summed E-state index contributed by atoms with van der Waals surface area (Å²) in [6.07, 6.45) is 0. The molecule has 0 bridgehead atoms. The molecule has 0 spiro atoms. The number of aliphatic hydroxyl groups excluding tert-OH is 1. The van der Waals surface area contributed by atoms with Crippen LogP contribution < -0.4 is 15.4 Å². The predicted molar refractivity (Wildman–Crippen MR) is 101 cm³/mol. The molecular formula is C19H33N3O2. The first-order valence-electron chi connectivity index (χ1n) is 8.84. The number of nitrogens with zero attached hydrogens (tertiary/aromatic N) is 1. The van der Waals surface area contributed by atoms with Gasteiger partial charge in [0.05, 0.1) is 12.6 Å². The number of benzene rings is 1. The maximum absolute atomic E-state index is 9.12. The van der Waals surface area contributed by atoms with Gasteiger partial charge in [-0.1, -0.05) is 32.9 Å². The Bertz CT molecular complexity index is 486. The quantitative estimate of drug-likeness (QED) is 0.479. The Morgan fingerprint density at radius 1 is 1.17 bits per heavy atom. The van der Waals surface area contributed by atoms with Crippen molar-refractivity contribution in [3.05, 3.63) is 29.8 Å². The average molecular weight is 335 g/mol. The monoisotopic (exact) mass is 335 g/mol. The van der Waals surface area contributed by atoms with E-state index >= 15 is 0 Å². The van der Waals surface area contributed by atoms with Crippen LogP contribution in [-0.4, -0.2) is 37.4 Å². The molecule has 1 aromatic carbocycles. The van der Waals surface area contributed by atoms with Crippen LogP contribution in [0.1, 0.15) is 46.2 Å². The van der Waals surface area contributed by atoms with Crippen LogP contribution >= 0.6 is 0 Å². The second-order valence-electron chi connectivity index (χ2n) is 6.65. The Balaban J connectivity index is 2.64. The first-order valence-corrected chi connectivity index (χ1v) is 8.84. The van der Waals surface area contributed by atoms with E-state index in [9.17, 15) is 0 Å². The summed E-state index contributed by atoms with van der Waals surface area (Å²) < 4.78 is 5.72. The maximum Gasteiger partial charge on any atom is 0.191 e. The molecule has 0 aliphatic rings. The Hall–Kier alpha value is -1.75. The number of aliphatic hydroxyl groups is 1. The average Bonchev–Trinajstić information content (AvgIpc) is 2.58. The molecule has 0 aliphatic carbocycles. The van der Waals surface area contributed by atoms with E-state index in [1.54, 1.807) is 0 Å². The highest BCUT2D eigenvalue weighted by Crippen LogP contribution is 2.18. The summed E-state index contributed by atoms with van der Waals surface area (Å²) in [7, 11) is 0. The summed E-state index contributed by atoms with van der Waals surface area (Å²) in [5.41, 5.74) is 1.17. The van der Waals surface area contributed by atoms with Crippen LogP contribution in [-0.2, 0) is 0 Å². The third-order valence-electron chi connectivity index (χ3n) is 3.53. The lowest BCUT2D eigenvalue weighted by Crippen LogP contribution is -2.39. The molecule has 0 radical (unpaired) electrons. The number of ether oxygens (including phenoxy) is 1. The van der Waals surface area contributed by atoms with E-state index in [2.05, 4.69) is 48.5 Å². The van der Waals surface area contributed by atoms with Crippen LogP contribution in [0.3, 0.4) is 0 Å². The standard InChI is InChI=1S/C19H33N3O2/c1-6-20-19(21-11-15(4)12-23)22-16(5)17-7-9-18(10-8-17)24-13-14(2)3/h7-10,14-16,23H,6,11-13H2,1-5H3,(H2,20,21,22). The lowest BCUT2D eigenvalue weighted by molar-refractivity contribution is 0.241. The predicted octanol–water partition coefficient (Wildman–Crippen LogP) is 2.97. The first kappa shape index (κ1) is 20.3. The molecule has 136 valence electrons. The molecule has 24 heavy (non-hydrogen) atoms. The molecule has 0 fully saturated rings. The molecule has 2 atom stereocenters. The molecule has 0 heterocycles. The van der Waals surface area contributed by atoms with Crippen molar-refractivity contribution in [2.45, 2.75) is 40.7 Å². The zero-order valence-electron chi connectivity index (χ0n) is 15.7. The van der Waals surface area contributed by atoms with E-state index in [1.807, 2.05) is 26.0 Å². The largest absolute Gasteiger partial charge is 0.493 e. The summed E-state index contributed by atoms with van der Waals surface area (Å²) in [6, 6.07) is 8.30. The topological polar surface area (TPSA) is 65.9 Å². The van der Waals surface area contributed by atoms with Gasteiger partial charge in [-0.2, -0.15) is 0 Å². The van der Waals surface area contributed by atoms with Crippen molar-refractivity contribution in [1.82, 2.24) is 10.6 Å². The summed E-state index contributed by atoms with van der Waals surface area (Å²) in [5.74, 6) is 2.35. The molecular weight excluding hydrogens is 302 g/mol. The van der Waals surface area contributed by atoms with Crippen molar-refractivity contribution in [3.8, 4) is 5.75 Å². The van der Waals surface area contributed by atoms with Gasteiger partial charge in [0.2, 0.25) is 0 Å². The van der Waals surface area contributed by atoms with Crippen molar-refractivity contribution in [2.75, 3.05) is 26.3 Å². The molecule has 0 saturated heterocycles. The zero-order valence-corrected chi connectivity index (χ0v) is 15.7. The van der Waals surface area contributed by atoms with Crippen LogP contribution in [0, 0.1) is 11.8 Å². The van der Waals surface area contributed by atoms with Crippen LogP contribution in [0.15, 0.2) is 29.3 Å². The van der Waals surface area contributed by atoms with Crippen molar-refractivity contribution in [1.29, 1.82) is 0 Å². The van der Waals surface area contributed by atoms with Gasteiger partial charge >= 0.3 is 0 Å². The second-order valence-corrected chi connectivity index (χ2v) is 6.65. The van der Waals surface area contributed by atoms with Crippen LogP contribution in [0.2, 0.25) is 0 Å². The second kappa shape index (κ2) is 10.9. The summed E-state index contributed by atoms with van der Waals surface area (Å²) in [6.45, 7) is 12.7. The molecule has 1 rings (SSSR count). The fraction of sp³-hybridized carbons (Fsp3) is 0.632. The van der Waals surface area contributed by atoms with E-state index in [-0.39, 0.29) is 18.6 Å². The van der Waals surface area contributed by atoms with E-state index in [4.69, 9.17) is 9.84 Å². The molecule has 3 N–H and O–H groups in total.